The Kier molecular flexibility index (Phi) is 26.5. The fourth-order valence-electron chi connectivity index (χ4n) is 17.0. The van der Waals surface area contributed by atoms with Gasteiger partial charge in [0.2, 0.25) is 0 Å². The van der Waals surface area contributed by atoms with Crippen molar-refractivity contribution in [2.24, 2.45) is 26.1 Å². The van der Waals surface area contributed by atoms with E-state index in [9.17, 15) is 0 Å². The van der Waals surface area contributed by atoms with Crippen LogP contribution in [-0.4, -0.2) is 55.2 Å². The van der Waals surface area contributed by atoms with Gasteiger partial charge in [0, 0.05) is 134 Å². The summed E-state index contributed by atoms with van der Waals surface area (Å²) in [6.45, 7) is 0.421. The summed E-state index contributed by atoms with van der Waals surface area (Å²) in [6, 6.07) is 140. The molecule has 0 aliphatic rings. The predicted molar refractivity (Wildman–Crippen MR) is 517 cm³/mol. The van der Waals surface area contributed by atoms with Crippen molar-refractivity contribution in [2.45, 2.75) is 0 Å². The summed E-state index contributed by atoms with van der Waals surface area (Å²) in [7, 11) is 6.12. The molecule has 0 spiro atoms. The van der Waals surface area contributed by atoms with Crippen LogP contribution in [0.5, 0.6) is 0 Å². The van der Waals surface area contributed by atoms with Crippen LogP contribution >= 0.6 is 0 Å². The van der Waals surface area contributed by atoms with Crippen LogP contribution in [0.3, 0.4) is 0 Å². The standard InChI is InChI=1S/C33H20N3O.C29H17N2.C28H22N4O2.C24H15N4O.4Cu/c1-2-11-26(12-3-1)36(27-13-6-10-25(23-27)28-14-7-16-31-29(28)20-22-37-31)33-18-8-17-32(34-33)35-21-19-24-9-4-5-15-30(24)35;1-3-10-21(11-4-1)23-18-19-25-24-14-7-8-16-27(24)31(28(25)20-23)29-17-9-15-26(30-29)22-12-5-2-6-13-22;1-30-13-11-25-26(17-31(2)27(25)30)20-7-6-10-23(15-20)32(22-8-4-3-5-9-22)19-29-16-21-18-34-28-24(21)12-14-33-28;1-26-16-20(19-9-2-3-10-21(19)26)24-25-23-22(29-24)11-14-28(23)18-8-6-7-17(15-18)27-12-4-5-13-27;;;;/h1-14,16-19,21-22H;1-10,12,14-19H;3-11,13-14,16-18H,19H2,1-2H3;2-12,14H,1H3;;;;/q2*-3;-2;-3;;;;. The van der Waals surface area contributed by atoms with Crippen LogP contribution in [-0.2, 0) is 89.4 Å². The van der Waals surface area contributed by atoms with Crippen LogP contribution in [0.2, 0.25) is 0 Å². The van der Waals surface area contributed by atoms with Crippen molar-refractivity contribution in [2.75, 3.05) is 16.5 Å². The summed E-state index contributed by atoms with van der Waals surface area (Å²) in [5.41, 5.74) is 23.2. The molecule has 25 rings (SSSR count). The molecule has 0 saturated carbocycles. The van der Waals surface area contributed by atoms with E-state index in [0.29, 0.717) is 18.3 Å². The molecule has 0 atom stereocenters. The number of hydrogen-bond donors (Lipinski definition) is 0. The molecule has 0 bridgehead atoms. The maximum Gasteiger partial charge on any atom is 0.178 e. The van der Waals surface area contributed by atoms with Crippen molar-refractivity contribution < 1.29 is 90.5 Å². The molecule has 0 aliphatic carbocycles. The molecule has 12 aromatic carbocycles. The number of aromatic nitrogens is 10. The number of furan rings is 3. The number of anilines is 5. The monoisotopic (exact) mass is 1940 g/mol. The van der Waals surface area contributed by atoms with Crippen LogP contribution < -0.4 is 14.4 Å². The van der Waals surface area contributed by atoms with Gasteiger partial charge in [-0.05, 0) is 96.0 Å². The van der Waals surface area contributed by atoms with Gasteiger partial charge in [0.05, 0.1) is 14.1 Å². The zero-order chi connectivity index (χ0) is 87.7. The molecular formula is C114H74Cu4N13O4-11. The van der Waals surface area contributed by atoms with E-state index in [2.05, 4.69) is 255 Å². The molecular weight excluding hydrogens is 1870 g/mol. The molecule has 674 valence electrons. The molecule has 13 aromatic heterocycles. The summed E-state index contributed by atoms with van der Waals surface area (Å²) in [5.74, 6) is 3.51. The molecule has 0 amide bonds. The summed E-state index contributed by atoms with van der Waals surface area (Å²) in [6.07, 6.45) is 23.2. The number of nitrogens with zero attached hydrogens (tertiary/aromatic N) is 13. The number of oxazole rings is 1. The van der Waals surface area contributed by atoms with E-state index in [1.807, 2.05) is 233 Å². The maximum absolute atomic E-state index is 6.08. The van der Waals surface area contributed by atoms with Gasteiger partial charge in [-0.2, -0.15) is 102 Å². The molecule has 0 aliphatic heterocycles. The zero-order valence-corrected chi connectivity index (χ0v) is 76.0. The summed E-state index contributed by atoms with van der Waals surface area (Å²) >= 11 is 0. The Bertz CT molecular complexity index is 8430. The summed E-state index contributed by atoms with van der Waals surface area (Å²) in [4.78, 5) is 23.8. The number of aryl methyl sites for hydroxylation is 3. The molecule has 13 heterocycles. The molecule has 0 N–H and O–H groups in total. The van der Waals surface area contributed by atoms with E-state index in [0.717, 1.165) is 173 Å². The minimum Gasteiger partial charge on any atom is -0.535 e. The van der Waals surface area contributed by atoms with E-state index < -0.39 is 0 Å². The second-order valence-electron chi connectivity index (χ2n) is 31.2. The van der Waals surface area contributed by atoms with Gasteiger partial charge in [0.1, 0.15) is 30.0 Å². The Morgan fingerprint density at radius 2 is 1.16 bits per heavy atom. The molecule has 25 aromatic rings. The average molecular weight is 1940 g/mol. The average Bonchev–Trinajstić information content (AvgIpc) is 1.65. The molecule has 135 heavy (non-hydrogen) atoms. The smallest absolute Gasteiger partial charge is 0.178 e. The third-order valence-electron chi connectivity index (χ3n) is 23.1. The van der Waals surface area contributed by atoms with Gasteiger partial charge >= 0.3 is 0 Å². The molecule has 0 unspecified atom stereocenters. The number of fused-ring (bicyclic) bond motifs is 9. The SMILES string of the molecule is Cn1[c-]c(-c2nc3c(ccn3-c3[c-]c(-n4[c-]ccc4)ccc3)o2)c2ccccc21.Cn1cc(-c2[c-]c(N(CN=Cc3coc4oc[c-]c34)c3ccccc3)ccc2)c2[cH-]c[n+](C)c21.[Cu].[Cu].[Cu].[Cu].[c-]1c(-c2cccc3oc[c-]c23)cccc1N(c1ccccc1)c1cccc(-n2ccc3ccc[c-]c32)n1.[c-]1ccccc1-c1[c-]c2c(cc1)c1ccccc1n2-c1cccc(-c2[c-]cccc2)n1. The predicted octanol–water partition coefficient (Wildman–Crippen LogP) is 25.7. The first-order valence-electron chi connectivity index (χ1n) is 42.6. The Labute approximate surface area is 820 Å². The van der Waals surface area contributed by atoms with Crippen molar-refractivity contribution in [1.29, 1.82) is 0 Å². The number of para-hydroxylation sites is 5. The van der Waals surface area contributed by atoms with Gasteiger partial charge in [-0.25, -0.2) is 21.1 Å². The molecule has 21 heteroatoms. The van der Waals surface area contributed by atoms with Crippen molar-refractivity contribution in [3.63, 3.8) is 0 Å². The van der Waals surface area contributed by atoms with Gasteiger partial charge in [0.15, 0.2) is 22.7 Å². The number of rotatable bonds is 17. The van der Waals surface area contributed by atoms with E-state index in [-0.39, 0.29) is 68.3 Å². The minimum absolute atomic E-state index is 0. The fourth-order valence-corrected chi connectivity index (χ4v) is 17.0. The normalized spacial score (nSPS) is 11.1. The van der Waals surface area contributed by atoms with Gasteiger partial charge in [0.25, 0.3) is 0 Å². The Morgan fingerprint density at radius 3 is 1.98 bits per heavy atom. The largest absolute Gasteiger partial charge is 0.535 e. The van der Waals surface area contributed by atoms with Crippen LogP contribution in [0.4, 0.5) is 28.6 Å². The third kappa shape index (κ3) is 17.9. The molecule has 17 nitrogen and oxygen atoms in total. The second-order valence-corrected chi connectivity index (χ2v) is 31.2. The van der Waals surface area contributed by atoms with Crippen molar-refractivity contribution in [3.8, 4) is 79.1 Å². The first-order chi connectivity index (χ1) is 64.7. The van der Waals surface area contributed by atoms with E-state index in [4.69, 9.17) is 37.6 Å². The summed E-state index contributed by atoms with van der Waals surface area (Å²) in [5, 5.41) is 7.49. The second kappa shape index (κ2) is 39.8. The van der Waals surface area contributed by atoms with Crippen LogP contribution in [0.1, 0.15) is 5.56 Å². The van der Waals surface area contributed by atoms with Crippen molar-refractivity contribution >= 4 is 123 Å². The Hall–Kier alpha value is -15.6. The molecule has 0 saturated heterocycles. The number of benzene rings is 12. The minimum atomic E-state index is 0. The van der Waals surface area contributed by atoms with E-state index in [1.165, 1.54) is 22.7 Å². The van der Waals surface area contributed by atoms with E-state index >= 15 is 0 Å². The Balaban J connectivity index is 0.000000119. The van der Waals surface area contributed by atoms with Gasteiger partial charge in [-0.15, -0.1) is 167 Å². The molecule has 4 radical (unpaired) electrons. The van der Waals surface area contributed by atoms with Gasteiger partial charge in [-0.1, -0.05) is 171 Å². The topological polar surface area (TPSA) is 144 Å². The van der Waals surface area contributed by atoms with E-state index in [1.54, 1.807) is 18.7 Å². The van der Waals surface area contributed by atoms with Crippen LogP contribution in [0.25, 0.3) is 167 Å². The first kappa shape index (κ1) is 89.9. The van der Waals surface area contributed by atoms with Crippen LogP contribution in [0.15, 0.2) is 400 Å². The van der Waals surface area contributed by atoms with Crippen molar-refractivity contribution in [1.82, 2.24) is 42.4 Å². The van der Waals surface area contributed by atoms with Crippen LogP contribution in [0, 0.1) is 67.0 Å². The molecule has 0 fully saturated rings. The zero-order valence-electron chi connectivity index (χ0n) is 72.2. The first-order valence-corrected chi connectivity index (χ1v) is 42.6. The maximum atomic E-state index is 6.08. The fraction of sp³-hybridized carbons (Fsp3) is 0.0351. The quantitative estimate of drug-likeness (QED) is 0.0377. The van der Waals surface area contributed by atoms with Gasteiger partial charge < -0.3 is 59.4 Å². The number of aliphatic imine (C=N–C) groups is 1. The van der Waals surface area contributed by atoms with Crippen molar-refractivity contribution in [3.05, 3.63) is 450 Å². The number of pyridine rings is 2. The number of hydrogen-bond acceptors (Lipinski definition) is 10. The third-order valence-corrected chi connectivity index (χ3v) is 23.1. The summed E-state index contributed by atoms with van der Waals surface area (Å²) < 4.78 is 36.7. The Morgan fingerprint density at radius 1 is 0.474 bits per heavy atom. The van der Waals surface area contributed by atoms with Gasteiger partial charge in [-0.3, -0.25) is 9.98 Å².